The third-order valence-electron chi connectivity index (χ3n) is 5.94. The zero-order valence-corrected chi connectivity index (χ0v) is 25.0. The molecule has 1 atom stereocenters. The van der Waals surface area contributed by atoms with Gasteiger partial charge < -0.3 is 19.5 Å². The summed E-state index contributed by atoms with van der Waals surface area (Å²) in [5, 5.41) is 10.4. The number of esters is 1. The molecule has 0 radical (unpaired) electrons. The van der Waals surface area contributed by atoms with Gasteiger partial charge in [-0.2, -0.15) is 0 Å². The molecule has 4 rings (SSSR count). The fourth-order valence-corrected chi connectivity index (χ4v) is 6.48. The van der Waals surface area contributed by atoms with Crippen LogP contribution in [0.4, 0.5) is 0 Å². The number of carbonyl (C=O) groups excluding carboxylic acids is 2. The summed E-state index contributed by atoms with van der Waals surface area (Å²) in [7, 11) is 0. The molecule has 0 aromatic heterocycles. The second-order valence-corrected chi connectivity index (χ2v) is 11.1. The van der Waals surface area contributed by atoms with E-state index in [1.54, 1.807) is 30.3 Å². The Hall–Kier alpha value is -2.64. The summed E-state index contributed by atoms with van der Waals surface area (Å²) >= 11 is 10.4. The number of ether oxygens (including phenoxy) is 2. The van der Waals surface area contributed by atoms with Crippen molar-refractivity contribution in [2.24, 2.45) is 0 Å². The van der Waals surface area contributed by atoms with Crippen molar-refractivity contribution in [2.45, 2.75) is 25.6 Å². The lowest BCUT2D eigenvalue weighted by Crippen LogP contribution is -2.48. The second kappa shape index (κ2) is 12.9. The SMILES string of the molecule is O=C(COc1c(I)cc2c(c1I)CN(C(=O)/C=C/c1ccccc1Cl)[C@H](C(=O)O)C2)OCc1ccccc1. The normalized spacial score (nSPS) is 14.7. The fraction of sp³-hybridized carbons (Fsp3) is 0.179. The van der Waals surface area contributed by atoms with E-state index in [0.29, 0.717) is 16.3 Å². The lowest BCUT2D eigenvalue weighted by Gasteiger charge is -2.35. The number of hydrogen-bond donors (Lipinski definition) is 1. The van der Waals surface area contributed by atoms with Gasteiger partial charge in [-0.05, 0) is 85.6 Å². The smallest absolute Gasteiger partial charge is 0.344 e. The largest absolute Gasteiger partial charge is 0.480 e. The van der Waals surface area contributed by atoms with Crippen LogP contribution in [0, 0.1) is 7.14 Å². The Kier molecular flexibility index (Phi) is 9.66. The summed E-state index contributed by atoms with van der Waals surface area (Å²) < 4.78 is 12.6. The van der Waals surface area contributed by atoms with E-state index >= 15 is 0 Å². The number of benzene rings is 3. The average molecular weight is 758 g/mol. The van der Waals surface area contributed by atoms with E-state index in [-0.39, 0.29) is 26.2 Å². The number of hydrogen-bond acceptors (Lipinski definition) is 5. The molecule has 3 aromatic rings. The van der Waals surface area contributed by atoms with Crippen molar-refractivity contribution in [3.8, 4) is 5.75 Å². The number of carboxylic acid groups (broad SMARTS) is 1. The van der Waals surface area contributed by atoms with E-state index in [9.17, 15) is 19.5 Å². The minimum atomic E-state index is -1.08. The lowest BCUT2D eigenvalue weighted by molar-refractivity contribution is -0.149. The molecule has 7 nitrogen and oxygen atoms in total. The highest BCUT2D eigenvalue weighted by Crippen LogP contribution is 2.37. The van der Waals surface area contributed by atoms with Gasteiger partial charge in [-0.1, -0.05) is 60.1 Å². The first kappa shape index (κ1) is 28.4. The molecule has 0 saturated carbocycles. The molecule has 10 heteroatoms. The van der Waals surface area contributed by atoms with Crippen LogP contribution in [-0.4, -0.2) is 40.5 Å². The summed E-state index contributed by atoms with van der Waals surface area (Å²) in [5.41, 5.74) is 3.14. The van der Waals surface area contributed by atoms with E-state index in [1.165, 1.54) is 11.0 Å². The van der Waals surface area contributed by atoms with Gasteiger partial charge in [0.15, 0.2) is 6.61 Å². The maximum absolute atomic E-state index is 13.1. The molecule has 1 N–H and O–H groups in total. The second-order valence-electron chi connectivity index (χ2n) is 8.45. The molecular formula is C28H22ClI2NO6. The van der Waals surface area contributed by atoms with Crippen molar-refractivity contribution < 1.29 is 29.0 Å². The number of carboxylic acids is 1. The standard InChI is InChI=1S/C28H22ClI2NO6/c29-21-9-5-4-8-18(21)10-11-24(33)32-14-20-19(13-23(32)28(35)36)12-22(30)27(26(20)31)38-16-25(34)37-15-17-6-2-1-3-7-17/h1-12,23H,13-16H2,(H,35,36)/b11-10+/t23-/m0/s1. The summed E-state index contributed by atoms with van der Waals surface area (Å²) in [6.07, 6.45) is 3.07. The summed E-state index contributed by atoms with van der Waals surface area (Å²) in [6.45, 7) is -0.0443. The number of fused-ring (bicyclic) bond motifs is 1. The molecular weight excluding hydrogens is 736 g/mol. The van der Waals surface area contributed by atoms with E-state index in [0.717, 1.165) is 23.8 Å². The van der Waals surface area contributed by atoms with Gasteiger partial charge in [0.05, 0.1) is 7.14 Å². The van der Waals surface area contributed by atoms with Crippen LogP contribution in [-0.2, 0) is 38.7 Å². The molecule has 0 saturated heterocycles. The summed E-state index contributed by atoms with van der Waals surface area (Å²) in [6, 6.07) is 17.3. The van der Waals surface area contributed by atoms with Crippen LogP contribution < -0.4 is 4.74 Å². The monoisotopic (exact) mass is 757 g/mol. The molecule has 1 amide bonds. The van der Waals surface area contributed by atoms with Crippen molar-refractivity contribution >= 4 is 80.7 Å². The number of amides is 1. The van der Waals surface area contributed by atoms with E-state index < -0.39 is 23.9 Å². The molecule has 1 aliphatic heterocycles. The molecule has 0 aliphatic carbocycles. The Labute approximate surface area is 252 Å². The van der Waals surface area contributed by atoms with Crippen molar-refractivity contribution in [2.75, 3.05) is 6.61 Å². The van der Waals surface area contributed by atoms with Crippen molar-refractivity contribution in [1.29, 1.82) is 0 Å². The predicted octanol–water partition coefficient (Wildman–Crippen LogP) is 5.72. The number of nitrogens with zero attached hydrogens (tertiary/aromatic N) is 1. The van der Waals surface area contributed by atoms with Gasteiger partial charge in [0, 0.05) is 24.1 Å². The molecule has 0 fully saturated rings. The zero-order chi connectivity index (χ0) is 27.2. The molecule has 196 valence electrons. The molecule has 1 heterocycles. The number of carbonyl (C=O) groups is 3. The fourth-order valence-electron chi connectivity index (χ4n) is 4.00. The van der Waals surface area contributed by atoms with Gasteiger partial charge >= 0.3 is 11.9 Å². The summed E-state index contributed by atoms with van der Waals surface area (Å²) in [5.74, 6) is -1.54. The minimum Gasteiger partial charge on any atom is -0.480 e. The Morgan fingerprint density at radius 3 is 2.50 bits per heavy atom. The van der Waals surface area contributed by atoms with E-state index in [2.05, 4.69) is 45.2 Å². The Morgan fingerprint density at radius 1 is 1.08 bits per heavy atom. The predicted molar refractivity (Wildman–Crippen MR) is 160 cm³/mol. The third kappa shape index (κ3) is 6.86. The number of rotatable bonds is 8. The van der Waals surface area contributed by atoms with Gasteiger partial charge in [0.25, 0.3) is 0 Å². The molecule has 0 spiro atoms. The van der Waals surface area contributed by atoms with Crippen LogP contribution in [0.3, 0.4) is 0 Å². The van der Waals surface area contributed by atoms with Crippen LogP contribution in [0.25, 0.3) is 6.08 Å². The van der Waals surface area contributed by atoms with Crippen molar-refractivity contribution in [3.05, 3.63) is 101 Å². The first-order valence-corrected chi connectivity index (χ1v) is 14.1. The van der Waals surface area contributed by atoms with Crippen molar-refractivity contribution in [3.63, 3.8) is 0 Å². The van der Waals surface area contributed by atoms with E-state index in [4.69, 9.17) is 21.1 Å². The highest BCUT2D eigenvalue weighted by atomic mass is 127. The van der Waals surface area contributed by atoms with Crippen LogP contribution in [0.5, 0.6) is 5.75 Å². The minimum absolute atomic E-state index is 0.0853. The van der Waals surface area contributed by atoms with Gasteiger partial charge in [-0.3, -0.25) is 4.79 Å². The molecule has 38 heavy (non-hydrogen) atoms. The quantitative estimate of drug-likeness (QED) is 0.180. The molecule has 0 bridgehead atoms. The van der Waals surface area contributed by atoms with Crippen molar-refractivity contribution in [1.82, 2.24) is 4.90 Å². The van der Waals surface area contributed by atoms with Gasteiger partial charge in [-0.15, -0.1) is 0 Å². The first-order valence-electron chi connectivity index (χ1n) is 11.5. The number of halogens is 3. The third-order valence-corrected chi connectivity index (χ3v) is 8.23. The van der Waals surface area contributed by atoms with Crippen LogP contribution >= 0.6 is 56.8 Å². The van der Waals surface area contributed by atoms with Crippen LogP contribution in [0.1, 0.15) is 22.3 Å². The molecule has 0 unspecified atom stereocenters. The Bertz CT molecular complexity index is 1400. The maximum Gasteiger partial charge on any atom is 0.344 e. The first-order chi connectivity index (χ1) is 18.2. The zero-order valence-electron chi connectivity index (χ0n) is 19.9. The summed E-state index contributed by atoms with van der Waals surface area (Å²) in [4.78, 5) is 38.8. The topological polar surface area (TPSA) is 93.1 Å². The average Bonchev–Trinajstić information content (AvgIpc) is 2.91. The molecule has 3 aromatic carbocycles. The van der Waals surface area contributed by atoms with Gasteiger partial charge in [-0.25, -0.2) is 9.59 Å². The van der Waals surface area contributed by atoms with Crippen LogP contribution in [0.2, 0.25) is 5.02 Å². The molecule has 1 aliphatic rings. The maximum atomic E-state index is 13.1. The van der Waals surface area contributed by atoms with Gasteiger partial charge in [0.2, 0.25) is 5.91 Å². The number of aliphatic carboxylic acids is 1. The lowest BCUT2D eigenvalue weighted by atomic mass is 9.93. The van der Waals surface area contributed by atoms with Gasteiger partial charge in [0.1, 0.15) is 18.4 Å². The highest BCUT2D eigenvalue weighted by molar-refractivity contribution is 14.1. The highest BCUT2D eigenvalue weighted by Gasteiger charge is 2.36. The Balaban J connectivity index is 1.50. The van der Waals surface area contributed by atoms with E-state index in [1.807, 2.05) is 36.4 Å². The Morgan fingerprint density at radius 2 is 1.79 bits per heavy atom. The van der Waals surface area contributed by atoms with Crippen LogP contribution in [0.15, 0.2) is 66.7 Å².